The summed E-state index contributed by atoms with van der Waals surface area (Å²) >= 11 is 0. The molecule has 19 heavy (non-hydrogen) atoms. The second-order valence-corrected chi connectivity index (χ2v) is 5.98. The standard InChI is InChI=1S/C15H22N4/c1-11(2)19-13-6-9-16-10-12(13)18-14(19)15(3)7-4-5-8-17-15/h6,9-11,17H,4-5,7-8H2,1-3H3. The number of hydrogen-bond donors (Lipinski definition) is 1. The maximum atomic E-state index is 4.87. The highest BCUT2D eigenvalue weighted by molar-refractivity contribution is 5.75. The first kappa shape index (κ1) is 12.6. The molecule has 4 heteroatoms. The van der Waals surface area contributed by atoms with E-state index in [0.29, 0.717) is 6.04 Å². The monoisotopic (exact) mass is 258 g/mol. The number of aromatic nitrogens is 3. The minimum atomic E-state index is -0.0124. The van der Waals surface area contributed by atoms with Gasteiger partial charge < -0.3 is 9.88 Å². The zero-order valence-corrected chi connectivity index (χ0v) is 12.0. The average molecular weight is 258 g/mol. The molecule has 0 amide bonds. The summed E-state index contributed by atoms with van der Waals surface area (Å²) in [5.41, 5.74) is 2.18. The van der Waals surface area contributed by atoms with Crippen LogP contribution in [0.25, 0.3) is 11.0 Å². The van der Waals surface area contributed by atoms with Gasteiger partial charge in [-0.25, -0.2) is 4.98 Å². The number of nitrogens with zero attached hydrogens (tertiary/aromatic N) is 3. The Kier molecular flexibility index (Phi) is 3.05. The van der Waals surface area contributed by atoms with Crippen molar-refractivity contribution in [1.82, 2.24) is 19.9 Å². The lowest BCUT2D eigenvalue weighted by molar-refractivity contribution is 0.258. The molecule has 0 aromatic carbocycles. The zero-order chi connectivity index (χ0) is 13.5. The third-order valence-electron chi connectivity index (χ3n) is 4.12. The minimum absolute atomic E-state index is 0.0124. The van der Waals surface area contributed by atoms with Gasteiger partial charge in [0, 0.05) is 12.2 Å². The highest BCUT2D eigenvalue weighted by Gasteiger charge is 2.34. The summed E-state index contributed by atoms with van der Waals surface area (Å²) in [6, 6.07) is 2.47. The van der Waals surface area contributed by atoms with Crippen molar-refractivity contribution >= 4 is 11.0 Å². The van der Waals surface area contributed by atoms with Gasteiger partial charge in [-0.1, -0.05) is 0 Å². The Morgan fingerprint density at radius 1 is 1.37 bits per heavy atom. The summed E-state index contributed by atoms with van der Waals surface area (Å²) in [5, 5.41) is 3.66. The SMILES string of the molecule is CC(C)n1c(C2(C)CCCCN2)nc2cnccc21. The Labute approximate surface area is 114 Å². The molecular formula is C15H22N4. The first-order valence-corrected chi connectivity index (χ1v) is 7.19. The van der Waals surface area contributed by atoms with Crippen LogP contribution in [0.5, 0.6) is 0 Å². The highest BCUT2D eigenvalue weighted by Crippen LogP contribution is 2.33. The minimum Gasteiger partial charge on any atom is -0.324 e. The van der Waals surface area contributed by atoms with Crippen LogP contribution in [0, 0.1) is 0 Å². The van der Waals surface area contributed by atoms with Crippen molar-refractivity contribution in [2.75, 3.05) is 6.54 Å². The molecule has 2 aromatic heterocycles. The Morgan fingerprint density at radius 3 is 2.89 bits per heavy atom. The fraction of sp³-hybridized carbons (Fsp3) is 0.600. The first-order valence-electron chi connectivity index (χ1n) is 7.19. The largest absolute Gasteiger partial charge is 0.324 e. The van der Waals surface area contributed by atoms with Gasteiger partial charge in [0.1, 0.15) is 11.3 Å². The van der Waals surface area contributed by atoms with E-state index in [2.05, 4.69) is 41.7 Å². The number of hydrogen-bond acceptors (Lipinski definition) is 3. The molecule has 4 nitrogen and oxygen atoms in total. The van der Waals surface area contributed by atoms with Gasteiger partial charge in [-0.3, -0.25) is 4.98 Å². The molecule has 1 unspecified atom stereocenters. The number of fused-ring (bicyclic) bond motifs is 1. The number of piperidine rings is 1. The van der Waals surface area contributed by atoms with Crippen molar-refractivity contribution in [1.29, 1.82) is 0 Å². The summed E-state index contributed by atoms with van der Waals surface area (Å²) in [6.45, 7) is 7.80. The zero-order valence-electron chi connectivity index (χ0n) is 12.0. The molecule has 1 saturated heterocycles. The lowest BCUT2D eigenvalue weighted by atomic mass is 9.90. The number of imidazole rings is 1. The van der Waals surface area contributed by atoms with Gasteiger partial charge in [0.05, 0.1) is 17.3 Å². The Morgan fingerprint density at radius 2 is 2.21 bits per heavy atom. The molecule has 3 heterocycles. The smallest absolute Gasteiger partial charge is 0.130 e. The predicted molar refractivity (Wildman–Crippen MR) is 77.1 cm³/mol. The molecule has 1 aliphatic rings. The van der Waals surface area contributed by atoms with Crippen LogP contribution in [0.4, 0.5) is 0 Å². The van der Waals surface area contributed by atoms with E-state index in [0.717, 1.165) is 24.3 Å². The predicted octanol–water partition coefficient (Wildman–Crippen LogP) is 3.00. The first-order chi connectivity index (χ1) is 9.12. The van der Waals surface area contributed by atoms with Crippen molar-refractivity contribution in [2.45, 2.75) is 51.6 Å². The van der Waals surface area contributed by atoms with E-state index >= 15 is 0 Å². The van der Waals surface area contributed by atoms with Crippen molar-refractivity contribution in [3.63, 3.8) is 0 Å². The quantitative estimate of drug-likeness (QED) is 0.900. The van der Waals surface area contributed by atoms with Crippen LogP contribution in [0.1, 0.15) is 51.9 Å². The molecule has 0 saturated carbocycles. The van der Waals surface area contributed by atoms with Crippen LogP contribution in [-0.2, 0) is 5.54 Å². The van der Waals surface area contributed by atoms with Gasteiger partial charge in [-0.05, 0) is 52.6 Å². The van der Waals surface area contributed by atoms with E-state index in [9.17, 15) is 0 Å². The van der Waals surface area contributed by atoms with Crippen molar-refractivity contribution < 1.29 is 0 Å². The van der Waals surface area contributed by atoms with Crippen LogP contribution in [0.2, 0.25) is 0 Å². The second kappa shape index (κ2) is 4.60. The fourth-order valence-electron chi connectivity index (χ4n) is 3.11. The lowest BCUT2D eigenvalue weighted by Gasteiger charge is -2.35. The van der Waals surface area contributed by atoms with E-state index in [1.165, 1.54) is 18.4 Å². The van der Waals surface area contributed by atoms with E-state index < -0.39 is 0 Å². The molecule has 2 aromatic rings. The number of pyridine rings is 1. The normalized spacial score (nSPS) is 24.2. The molecule has 0 radical (unpaired) electrons. The maximum absolute atomic E-state index is 4.87. The average Bonchev–Trinajstić information content (AvgIpc) is 2.79. The van der Waals surface area contributed by atoms with Crippen LogP contribution < -0.4 is 5.32 Å². The van der Waals surface area contributed by atoms with Crippen LogP contribution >= 0.6 is 0 Å². The van der Waals surface area contributed by atoms with Gasteiger partial charge in [0.25, 0.3) is 0 Å². The number of nitrogens with one attached hydrogen (secondary N) is 1. The maximum Gasteiger partial charge on any atom is 0.130 e. The van der Waals surface area contributed by atoms with Crippen LogP contribution in [0.15, 0.2) is 18.5 Å². The molecule has 1 atom stereocenters. The van der Waals surface area contributed by atoms with Gasteiger partial charge in [0.2, 0.25) is 0 Å². The third kappa shape index (κ3) is 2.04. The Hall–Kier alpha value is -1.42. The molecule has 1 aliphatic heterocycles. The molecule has 0 aliphatic carbocycles. The topological polar surface area (TPSA) is 42.7 Å². The summed E-state index contributed by atoms with van der Waals surface area (Å²) in [5.74, 6) is 1.16. The molecule has 102 valence electrons. The number of rotatable bonds is 2. The molecular weight excluding hydrogens is 236 g/mol. The summed E-state index contributed by atoms with van der Waals surface area (Å²) in [4.78, 5) is 9.07. The Balaban J connectivity index is 2.19. The van der Waals surface area contributed by atoms with E-state index in [-0.39, 0.29) is 5.54 Å². The van der Waals surface area contributed by atoms with Gasteiger partial charge >= 0.3 is 0 Å². The Bertz CT molecular complexity index is 579. The lowest BCUT2D eigenvalue weighted by Crippen LogP contribution is -2.45. The van der Waals surface area contributed by atoms with Crippen LogP contribution in [-0.4, -0.2) is 21.1 Å². The van der Waals surface area contributed by atoms with Crippen molar-refractivity contribution in [3.05, 3.63) is 24.3 Å². The second-order valence-electron chi connectivity index (χ2n) is 5.98. The van der Waals surface area contributed by atoms with E-state index in [1.807, 2.05) is 12.4 Å². The van der Waals surface area contributed by atoms with E-state index in [4.69, 9.17) is 4.98 Å². The molecule has 3 rings (SSSR count). The molecule has 1 N–H and O–H groups in total. The van der Waals surface area contributed by atoms with Gasteiger partial charge in [0.15, 0.2) is 0 Å². The summed E-state index contributed by atoms with van der Waals surface area (Å²) in [7, 11) is 0. The van der Waals surface area contributed by atoms with Gasteiger partial charge in [-0.2, -0.15) is 0 Å². The van der Waals surface area contributed by atoms with Gasteiger partial charge in [-0.15, -0.1) is 0 Å². The van der Waals surface area contributed by atoms with Crippen molar-refractivity contribution in [3.8, 4) is 0 Å². The molecule has 0 bridgehead atoms. The van der Waals surface area contributed by atoms with Crippen molar-refractivity contribution in [2.24, 2.45) is 0 Å². The van der Waals surface area contributed by atoms with Crippen LogP contribution in [0.3, 0.4) is 0 Å². The van der Waals surface area contributed by atoms with E-state index in [1.54, 1.807) is 0 Å². The summed E-state index contributed by atoms with van der Waals surface area (Å²) in [6.07, 6.45) is 7.39. The third-order valence-corrected chi connectivity index (χ3v) is 4.12. The molecule has 0 spiro atoms. The molecule has 1 fully saturated rings. The summed E-state index contributed by atoms with van der Waals surface area (Å²) < 4.78 is 2.36. The highest BCUT2D eigenvalue weighted by atomic mass is 15.2. The fourth-order valence-corrected chi connectivity index (χ4v) is 3.11.